The van der Waals surface area contributed by atoms with Gasteiger partial charge in [0.15, 0.2) is 0 Å². The number of carbonyl (C=O) groups is 1. The van der Waals surface area contributed by atoms with E-state index in [1.807, 2.05) is 0 Å². The minimum Gasteiger partial charge on any atom is -0.432 e. The molecule has 13 heavy (non-hydrogen) atoms. The molecule has 0 unspecified atom stereocenters. The van der Waals surface area contributed by atoms with E-state index in [-0.39, 0.29) is 12.7 Å². The van der Waals surface area contributed by atoms with Crippen LogP contribution >= 0.6 is 0 Å². The first-order chi connectivity index (χ1) is 6.33. The zero-order chi connectivity index (χ0) is 9.52. The van der Waals surface area contributed by atoms with Gasteiger partial charge in [-0.3, -0.25) is 0 Å². The third-order valence-electron chi connectivity index (χ3n) is 2.07. The molecule has 0 spiro atoms. The molecule has 1 fully saturated rings. The Kier molecular flexibility index (Phi) is 4.60. The number of carbonyl (C=O) groups excluding carboxylic acids is 1. The highest BCUT2D eigenvalue weighted by atomic mass is 16.7. The lowest BCUT2D eigenvalue weighted by Gasteiger charge is -2.10. The number of methoxy groups -OCH3 is 1. The van der Waals surface area contributed by atoms with Gasteiger partial charge in [-0.2, -0.15) is 0 Å². The molecule has 0 radical (unpaired) electrons. The summed E-state index contributed by atoms with van der Waals surface area (Å²) in [7, 11) is 1.56. The molecule has 76 valence electrons. The van der Waals surface area contributed by atoms with Crippen molar-refractivity contribution in [1.29, 1.82) is 0 Å². The van der Waals surface area contributed by atoms with Crippen LogP contribution in [0.25, 0.3) is 0 Å². The fraction of sp³-hybridized carbons (Fsp3) is 0.889. The Bertz CT molecular complexity index is 152. The molecule has 0 aliphatic heterocycles. The number of rotatable bonds is 4. The lowest BCUT2D eigenvalue weighted by molar-refractivity contribution is 0.0130. The highest BCUT2D eigenvalue weighted by Crippen LogP contribution is 2.21. The van der Waals surface area contributed by atoms with Crippen molar-refractivity contribution in [2.75, 3.05) is 20.3 Å². The summed E-state index contributed by atoms with van der Waals surface area (Å²) in [5.74, 6) is 0. The smallest absolute Gasteiger partial charge is 0.432 e. The molecule has 1 rings (SSSR count). The zero-order valence-corrected chi connectivity index (χ0v) is 7.95. The predicted molar refractivity (Wildman–Crippen MR) is 46.6 cm³/mol. The van der Waals surface area contributed by atoms with Crippen LogP contribution in [0.15, 0.2) is 0 Å². The molecule has 0 amide bonds. The van der Waals surface area contributed by atoms with Crippen LogP contribution in [0.2, 0.25) is 0 Å². The van der Waals surface area contributed by atoms with Crippen LogP contribution in [0.4, 0.5) is 4.79 Å². The van der Waals surface area contributed by atoms with Crippen molar-refractivity contribution in [1.82, 2.24) is 0 Å². The van der Waals surface area contributed by atoms with Crippen LogP contribution in [0.5, 0.6) is 0 Å². The van der Waals surface area contributed by atoms with Crippen LogP contribution in [-0.4, -0.2) is 32.6 Å². The Balaban J connectivity index is 2.02. The Labute approximate surface area is 78.2 Å². The summed E-state index contributed by atoms with van der Waals surface area (Å²) in [6, 6.07) is 0. The first kappa shape index (κ1) is 10.3. The average Bonchev–Trinajstić information content (AvgIpc) is 2.57. The maximum absolute atomic E-state index is 11.0. The average molecular weight is 188 g/mol. The van der Waals surface area contributed by atoms with Crippen LogP contribution in [0, 0.1) is 0 Å². The molecule has 0 heterocycles. The van der Waals surface area contributed by atoms with Crippen molar-refractivity contribution in [2.24, 2.45) is 0 Å². The van der Waals surface area contributed by atoms with Gasteiger partial charge in [-0.25, -0.2) is 4.79 Å². The van der Waals surface area contributed by atoms with E-state index in [1.54, 1.807) is 7.11 Å². The van der Waals surface area contributed by atoms with Crippen molar-refractivity contribution in [2.45, 2.75) is 31.8 Å². The lowest BCUT2D eigenvalue weighted by Crippen LogP contribution is -2.17. The third-order valence-corrected chi connectivity index (χ3v) is 2.07. The Morgan fingerprint density at radius 1 is 1.31 bits per heavy atom. The molecule has 0 aromatic carbocycles. The molecule has 0 bridgehead atoms. The predicted octanol–water partition coefficient (Wildman–Crippen LogP) is 1.73. The molecule has 0 aromatic heterocycles. The van der Waals surface area contributed by atoms with Crippen molar-refractivity contribution in [3.05, 3.63) is 0 Å². The van der Waals surface area contributed by atoms with Crippen LogP contribution in [0.3, 0.4) is 0 Å². The molecule has 0 aromatic rings. The van der Waals surface area contributed by atoms with Crippen LogP contribution in [0.1, 0.15) is 25.7 Å². The molecule has 1 saturated carbocycles. The van der Waals surface area contributed by atoms with Crippen molar-refractivity contribution in [3.63, 3.8) is 0 Å². The van der Waals surface area contributed by atoms with Gasteiger partial charge in [0.2, 0.25) is 0 Å². The molecular weight excluding hydrogens is 172 g/mol. The van der Waals surface area contributed by atoms with E-state index in [0.717, 1.165) is 25.7 Å². The molecule has 1 aliphatic carbocycles. The van der Waals surface area contributed by atoms with Gasteiger partial charge in [-0.15, -0.1) is 0 Å². The van der Waals surface area contributed by atoms with Gasteiger partial charge in [0.05, 0.1) is 6.61 Å². The standard InChI is InChI=1S/C9H16O4/c1-11-6-7-12-9(10)13-8-4-2-3-5-8/h8H,2-7H2,1H3. The fourth-order valence-corrected chi connectivity index (χ4v) is 1.38. The minimum atomic E-state index is -0.566. The van der Waals surface area contributed by atoms with E-state index in [1.165, 1.54) is 0 Å². The van der Waals surface area contributed by atoms with E-state index >= 15 is 0 Å². The van der Waals surface area contributed by atoms with Crippen LogP contribution in [-0.2, 0) is 14.2 Å². The number of ether oxygens (including phenoxy) is 3. The van der Waals surface area contributed by atoms with E-state index in [2.05, 4.69) is 0 Å². The molecule has 0 N–H and O–H groups in total. The molecule has 0 atom stereocenters. The summed E-state index contributed by atoms with van der Waals surface area (Å²) < 4.78 is 14.5. The zero-order valence-electron chi connectivity index (χ0n) is 7.95. The monoisotopic (exact) mass is 188 g/mol. The van der Waals surface area contributed by atoms with Crippen molar-refractivity contribution < 1.29 is 19.0 Å². The first-order valence-electron chi connectivity index (χ1n) is 4.65. The number of hydrogen-bond donors (Lipinski definition) is 0. The van der Waals surface area contributed by atoms with Crippen molar-refractivity contribution in [3.8, 4) is 0 Å². The largest absolute Gasteiger partial charge is 0.508 e. The normalized spacial score (nSPS) is 17.3. The van der Waals surface area contributed by atoms with Gasteiger partial charge < -0.3 is 14.2 Å². The summed E-state index contributed by atoms with van der Waals surface area (Å²) in [6.07, 6.45) is 3.75. The first-order valence-corrected chi connectivity index (χ1v) is 4.65. The second kappa shape index (κ2) is 5.80. The van der Waals surface area contributed by atoms with Gasteiger partial charge in [-0.05, 0) is 25.7 Å². The maximum atomic E-state index is 11.0. The lowest BCUT2D eigenvalue weighted by atomic mass is 10.3. The fourth-order valence-electron chi connectivity index (χ4n) is 1.38. The molecule has 4 heteroatoms. The van der Waals surface area contributed by atoms with Crippen molar-refractivity contribution >= 4 is 6.16 Å². The van der Waals surface area contributed by atoms with Gasteiger partial charge in [0.1, 0.15) is 12.7 Å². The Morgan fingerprint density at radius 3 is 2.62 bits per heavy atom. The van der Waals surface area contributed by atoms with Gasteiger partial charge in [0.25, 0.3) is 0 Å². The highest BCUT2D eigenvalue weighted by Gasteiger charge is 2.19. The van der Waals surface area contributed by atoms with E-state index in [0.29, 0.717) is 6.61 Å². The van der Waals surface area contributed by atoms with Crippen LogP contribution < -0.4 is 0 Å². The summed E-state index contributed by atoms with van der Waals surface area (Å²) in [5.41, 5.74) is 0. The highest BCUT2D eigenvalue weighted by molar-refractivity contribution is 5.60. The molecule has 4 nitrogen and oxygen atoms in total. The minimum absolute atomic E-state index is 0.0787. The molecular formula is C9H16O4. The summed E-state index contributed by atoms with van der Waals surface area (Å²) in [6.45, 7) is 0.682. The van der Waals surface area contributed by atoms with E-state index in [9.17, 15) is 4.79 Å². The maximum Gasteiger partial charge on any atom is 0.508 e. The van der Waals surface area contributed by atoms with Gasteiger partial charge >= 0.3 is 6.16 Å². The second-order valence-electron chi connectivity index (χ2n) is 3.12. The summed E-state index contributed by atoms with van der Waals surface area (Å²) in [5, 5.41) is 0. The third kappa shape index (κ3) is 4.12. The number of hydrogen-bond acceptors (Lipinski definition) is 4. The van der Waals surface area contributed by atoms with E-state index in [4.69, 9.17) is 14.2 Å². The SMILES string of the molecule is COCCOC(=O)OC1CCCC1. The van der Waals surface area contributed by atoms with E-state index < -0.39 is 6.16 Å². The second-order valence-corrected chi connectivity index (χ2v) is 3.12. The Morgan fingerprint density at radius 2 is 2.00 bits per heavy atom. The summed E-state index contributed by atoms with van der Waals surface area (Å²) >= 11 is 0. The summed E-state index contributed by atoms with van der Waals surface area (Å²) in [4.78, 5) is 11.0. The quantitative estimate of drug-likeness (QED) is 0.498. The molecule has 0 saturated heterocycles. The molecule has 1 aliphatic rings. The van der Waals surface area contributed by atoms with Gasteiger partial charge in [0, 0.05) is 7.11 Å². The topological polar surface area (TPSA) is 44.8 Å². The Hall–Kier alpha value is -0.770. The van der Waals surface area contributed by atoms with Gasteiger partial charge in [-0.1, -0.05) is 0 Å².